The van der Waals surface area contributed by atoms with Gasteiger partial charge in [0, 0.05) is 12.5 Å². The summed E-state index contributed by atoms with van der Waals surface area (Å²) >= 11 is 0. The second-order valence-corrected chi connectivity index (χ2v) is 5.92. The highest BCUT2D eigenvalue weighted by atomic mass is 35.5. The fraction of sp³-hybridized carbons (Fsp3) is 0.933. The number of halogens is 2. The summed E-state index contributed by atoms with van der Waals surface area (Å²) in [5.41, 5.74) is 0. The van der Waals surface area contributed by atoms with Gasteiger partial charge < -0.3 is 15.5 Å². The van der Waals surface area contributed by atoms with E-state index in [1.165, 1.54) is 38.8 Å². The zero-order valence-corrected chi connectivity index (χ0v) is 14.6. The van der Waals surface area contributed by atoms with Crippen molar-refractivity contribution in [3.8, 4) is 0 Å². The predicted molar refractivity (Wildman–Crippen MR) is 92.6 cm³/mol. The summed E-state index contributed by atoms with van der Waals surface area (Å²) in [6.07, 6.45) is 8.57. The Morgan fingerprint density at radius 3 is 2.29 bits per heavy atom. The Bertz CT molecular complexity index is 266. The molecule has 0 spiro atoms. The molecule has 126 valence electrons. The van der Waals surface area contributed by atoms with Crippen LogP contribution in [0.1, 0.15) is 44.9 Å². The third-order valence-corrected chi connectivity index (χ3v) is 4.36. The molecule has 21 heavy (non-hydrogen) atoms. The zero-order valence-electron chi connectivity index (χ0n) is 12.9. The van der Waals surface area contributed by atoms with Crippen molar-refractivity contribution in [2.45, 2.75) is 44.9 Å². The lowest BCUT2D eigenvalue weighted by Crippen LogP contribution is -2.39. The lowest BCUT2D eigenvalue weighted by atomic mass is 9.97. The molecular weight excluding hydrogens is 309 g/mol. The van der Waals surface area contributed by atoms with Gasteiger partial charge in [0.25, 0.3) is 0 Å². The third-order valence-electron chi connectivity index (χ3n) is 4.36. The van der Waals surface area contributed by atoms with Crippen molar-refractivity contribution < 1.29 is 4.79 Å². The molecule has 0 aromatic carbocycles. The maximum absolute atomic E-state index is 12.0. The van der Waals surface area contributed by atoms with E-state index in [4.69, 9.17) is 0 Å². The summed E-state index contributed by atoms with van der Waals surface area (Å²) in [6.45, 7) is 6.48. The van der Waals surface area contributed by atoms with Gasteiger partial charge in [0.05, 0.1) is 0 Å². The first kappa shape index (κ1) is 21.0. The predicted octanol–water partition coefficient (Wildman–Crippen LogP) is 2.21. The Balaban J connectivity index is 0.00000200. The molecule has 0 atom stereocenters. The van der Waals surface area contributed by atoms with Gasteiger partial charge in [-0.25, -0.2) is 0 Å². The smallest absolute Gasteiger partial charge is 0.223 e. The average Bonchev–Trinajstić information content (AvgIpc) is 2.73. The monoisotopic (exact) mass is 339 g/mol. The normalized spacial score (nSPS) is 20.8. The minimum atomic E-state index is 0. The summed E-state index contributed by atoms with van der Waals surface area (Å²) in [5.74, 6) is 0.525. The quantitative estimate of drug-likeness (QED) is 0.755. The number of nitrogens with zero attached hydrogens (tertiary/aromatic N) is 1. The molecule has 6 heteroatoms. The van der Waals surface area contributed by atoms with Crippen LogP contribution in [-0.2, 0) is 4.79 Å². The lowest BCUT2D eigenvalue weighted by Gasteiger charge is -2.22. The Labute approximate surface area is 141 Å². The third kappa shape index (κ3) is 8.24. The van der Waals surface area contributed by atoms with Crippen LogP contribution < -0.4 is 10.6 Å². The van der Waals surface area contributed by atoms with Gasteiger partial charge in [-0.2, -0.15) is 0 Å². The minimum absolute atomic E-state index is 0. The van der Waals surface area contributed by atoms with Crippen LogP contribution in [0.2, 0.25) is 0 Å². The van der Waals surface area contributed by atoms with Crippen LogP contribution in [0.15, 0.2) is 0 Å². The summed E-state index contributed by atoms with van der Waals surface area (Å²) in [4.78, 5) is 14.5. The molecule has 0 aliphatic carbocycles. The van der Waals surface area contributed by atoms with Crippen molar-refractivity contribution in [3.05, 3.63) is 0 Å². The summed E-state index contributed by atoms with van der Waals surface area (Å²) in [7, 11) is 0. The molecular formula is C15H31Cl2N3O. The van der Waals surface area contributed by atoms with Gasteiger partial charge in [-0.3, -0.25) is 4.79 Å². The number of nitrogens with one attached hydrogen (secondary N) is 2. The summed E-state index contributed by atoms with van der Waals surface area (Å²) in [6, 6.07) is 0. The average molecular weight is 340 g/mol. The number of carbonyl (C=O) groups is 1. The molecule has 2 saturated heterocycles. The molecule has 4 nitrogen and oxygen atoms in total. The van der Waals surface area contributed by atoms with E-state index >= 15 is 0 Å². The maximum atomic E-state index is 12.0. The van der Waals surface area contributed by atoms with E-state index in [1.807, 2.05) is 0 Å². The molecule has 1 amide bonds. The van der Waals surface area contributed by atoms with Gasteiger partial charge in [-0.15, -0.1) is 24.8 Å². The van der Waals surface area contributed by atoms with Crippen molar-refractivity contribution in [1.82, 2.24) is 15.5 Å². The number of carbonyl (C=O) groups excluding carboxylic acids is 1. The van der Waals surface area contributed by atoms with E-state index in [0.717, 1.165) is 45.4 Å². The number of rotatable bonds is 5. The van der Waals surface area contributed by atoms with E-state index in [2.05, 4.69) is 15.5 Å². The zero-order chi connectivity index (χ0) is 13.3. The van der Waals surface area contributed by atoms with Gasteiger partial charge in [-0.1, -0.05) is 12.8 Å². The molecule has 2 rings (SSSR count). The molecule has 0 aromatic heterocycles. The van der Waals surface area contributed by atoms with E-state index < -0.39 is 0 Å². The molecule has 0 unspecified atom stereocenters. The first-order valence-electron chi connectivity index (χ1n) is 8.07. The van der Waals surface area contributed by atoms with Crippen LogP contribution in [-0.4, -0.2) is 50.1 Å². The van der Waals surface area contributed by atoms with Crippen LogP contribution in [0.5, 0.6) is 0 Å². The van der Waals surface area contributed by atoms with Crippen LogP contribution in [0.4, 0.5) is 0 Å². The maximum Gasteiger partial charge on any atom is 0.223 e. The fourth-order valence-electron chi connectivity index (χ4n) is 3.10. The Morgan fingerprint density at radius 1 is 1.05 bits per heavy atom. The molecule has 0 bridgehead atoms. The topological polar surface area (TPSA) is 44.4 Å². The van der Waals surface area contributed by atoms with Crippen LogP contribution in [0, 0.1) is 5.92 Å². The van der Waals surface area contributed by atoms with Crippen LogP contribution in [0.3, 0.4) is 0 Å². The van der Waals surface area contributed by atoms with Gasteiger partial charge in [-0.05, 0) is 64.8 Å². The molecule has 2 aliphatic heterocycles. The highest BCUT2D eigenvalue weighted by Gasteiger charge is 2.20. The molecule has 0 radical (unpaired) electrons. The second kappa shape index (κ2) is 12.5. The SMILES string of the molecule is Cl.Cl.O=C(NCCCN1CCCCCC1)C1CCNCC1. The van der Waals surface area contributed by atoms with E-state index in [0.29, 0.717) is 0 Å². The number of piperidine rings is 1. The minimum Gasteiger partial charge on any atom is -0.356 e. The van der Waals surface area contributed by atoms with E-state index in [1.54, 1.807) is 0 Å². The summed E-state index contributed by atoms with van der Waals surface area (Å²) < 4.78 is 0. The number of likely N-dealkylation sites (tertiary alicyclic amines) is 1. The summed E-state index contributed by atoms with van der Waals surface area (Å²) in [5, 5.41) is 6.41. The number of amides is 1. The second-order valence-electron chi connectivity index (χ2n) is 5.92. The van der Waals surface area contributed by atoms with Crippen molar-refractivity contribution in [1.29, 1.82) is 0 Å². The molecule has 0 saturated carbocycles. The standard InChI is InChI=1S/C15H29N3O.2ClH/c19-15(14-6-9-16-10-7-14)17-8-5-13-18-11-3-1-2-4-12-18;;/h14,16H,1-13H2,(H,17,19);2*1H. The lowest BCUT2D eigenvalue weighted by molar-refractivity contribution is -0.125. The Morgan fingerprint density at radius 2 is 1.67 bits per heavy atom. The van der Waals surface area contributed by atoms with Gasteiger partial charge >= 0.3 is 0 Å². The molecule has 2 N–H and O–H groups in total. The van der Waals surface area contributed by atoms with E-state index in [9.17, 15) is 4.79 Å². The largest absolute Gasteiger partial charge is 0.356 e. The van der Waals surface area contributed by atoms with E-state index in [-0.39, 0.29) is 36.6 Å². The Hall–Kier alpha value is -0.0300. The van der Waals surface area contributed by atoms with Gasteiger partial charge in [0.1, 0.15) is 0 Å². The molecule has 0 aromatic rings. The Kier molecular flexibility index (Phi) is 12.5. The molecule has 2 heterocycles. The van der Waals surface area contributed by atoms with Gasteiger partial charge in [0.2, 0.25) is 5.91 Å². The number of hydrogen-bond acceptors (Lipinski definition) is 3. The highest BCUT2D eigenvalue weighted by Crippen LogP contribution is 2.11. The molecule has 2 aliphatic rings. The van der Waals surface area contributed by atoms with Gasteiger partial charge in [0.15, 0.2) is 0 Å². The van der Waals surface area contributed by atoms with Crippen molar-refractivity contribution in [3.63, 3.8) is 0 Å². The number of hydrogen-bond donors (Lipinski definition) is 2. The van der Waals surface area contributed by atoms with Crippen LogP contribution in [0.25, 0.3) is 0 Å². The van der Waals surface area contributed by atoms with Crippen molar-refractivity contribution >= 4 is 30.7 Å². The molecule has 2 fully saturated rings. The first-order valence-corrected chi connectivity index (χ1v) is 8.07. The first-order chi connectivity index (χ1) is 9.36. The van der Waals surface area contributed by atoms with Crippen molar-refractivity contribution in [2.75, 3.05) is 39.3 Å². The fourth-order valence-corrected chi connectivity index (χ4v) is 3.10. The highest BCUT2D eigenvalue weighted by molar-refractivity contribution is 5.85. The van der Waals surface area contributed by atoms with Crippen LogP contribution >= 0.6 is 24.8 Å². The van der Waals surface area contributed by atoms with Crippen molar-refractivity contribution in [2.24, 2.45) is 5.92 Å².